The molecule has 0 saturated carbocycles. The van der Waals surface area contributed by atoms with Crippen molar-refractivity contribution in [2.24, 2.45) is 0 Å². The Balaban J connectivity index is 2.97. The van der Waals surface area contributed by atoms with Crippen LogP contribution in [0.5, 0.6) is 0 Å². The molecule has 0 saturated heterocycles. The summed E-state index contributed by atoms with van der Waals surface area (Å²) < 4.78 is 0. The van der Waals surface area contributed by atoms with Crippen LogP contribution in [0.4, 0.5) is 0 Å². The number of amides is 1. The smallest absolute Gasteiger partial charge is 0.251 e. The number of nitrogens with one attached hydrogen (secondary N) is 1. The van der Waals surface area contributed by atoms with Crippen LogP contribution >= 0.6 is 0 Å². The lowest BCUT2D eigenvalue weighted by atomic mass is 9.86. The molecule has 1 amide bonds. The third kappa shape index (κ3) is 4.22. The molecule has 17 heavy (non-hydrogen) atoms. The molecule has 1 aromatic carbocycles. The number of carbonyl (C=O) groups excluding carboxylic acids is 1. The van der Waals surface area contributed by atoms with Gasteiger partial charge in [0.1, 0.15) is 0 Å². The van der Waals surface area contributed by atoms with Crippen molar-refractivity contribution in [1.82, 2.24) is 5.32 Å². The second-order valence-electron chi connectivity index (χ2n) is 6.53. The molecule has 0 atom stereocenters. The van der Waals surface area contributed by atoms with E-state index in [1.807, 2.05) is 39.0 Å². The molecule has 1 N–H and O–H groups in total. The van der Waals surface area contributed by atoms with Crippen LogP contribution in [0, 0.1) is 0 Å². The average Bonchev–Trinajstić information content (AvgIpc) is 2.14. The maximum Gasteiger partial charge on any atom is 0.251 e. The quantitative estimate of drug-likeness (QED) is 0.790. The van der Waals surface area contributed by atoms with E-state index in [1.54, 1.807) is 0 Å². The Bertz CT molecular complexity index is 408. The molecule has 0 spiro atoms. The summed E-state index contributed by atoms with van der Waals surface area (Å²) in [6, 6.07) is 7.84. The highest BCUT2D eigenvalue weighted by Gasteiger charge is 2.18. The fraction of sp³-hybridized carbons (Fsp3) is 0.533. The standard InChI is InChI=1S/C15H23NO/c1-14(2,3)12-9-7-8-11(10-12)13(17)16-15(4,5)6/h7-10H,1-6H3,(H,16,17). The molecular formula is C15H23NO. The Labute approximate surface area is 104 Å². The van der Waals surface area contributed by atoms with E-state index in [4.69, 9.17) is 0 Å². The molecule has 2 nitrogen and oxygen atoms in total. The Morgan fingerprint density at radius 2 is 1.65 bits per heavy atom. The zero-order valence-electron chi connectivity index (χ0n) is 11.7. The highest BCUT2D eigenvalue weighted by molar-refractivity contribution is 5.94. The summed E-state index contributed by atoms with van der Waals surface area (Å²) in [5.74, 6) is -0.0106. The van der Waals surface area contributed by atoms with Gasteiger partial charge in [0.05, 0.1) is 0 Å². The first-order chi connectivity index (χ1) is 7.59. The molecule has 0 aliphatic carbocycles. The minimum Gasteiger partial charge on any atom is -0.347 e. The van der Waals surface area contributed by atoms with E-state index in [0.717, 1.165) is 5.56 Å². The van der Waals surface area contributed by atoms with Crippen molar-refractivity contribution in [2.75, 3.05) is 0 Å². The van der Waals surface area contributed by atoms with Gasteiger partial charge in [0.25, 0.3) is 5.91 Å². The van der Waals surface area contributed by atoms with Gasteiger partial charge in [0.2, 0.25) is 0 Å². The zero-order chi connectivity index (χ0) is 13.3. The lowest BCUT2D eigenvalue weighted by molar-refractivity contribution is 0.0919. The summed E-state index contributed by atoms with van der Waals surface area (Å²) in [6.45, 7) is 12.4. The largest absolute Gasteiger partial charge is 0.347 e. The normalized spacial score (nSPS) is 12.4. The predicted molar refractivity (Wildman–Crippen MR) is 72.4 cm³/mol. The van der Waals surface area contributed by atoms with Crippen molar-refractivity contribution in [1.29, 1.82) is 0 Å². The summed E-state index contributed by atoms with van der Waals surface area (Å²) >= 11 is 0. The first kappa shape index (κ1) is 13.8. The number of hydrogen-bond donors (Lipinski definition) is 1. The highest BCUT2D eigenvalue weighted by Crippen LogP contribution is 2.22. The lowest BCUT2D eigenvalue weighted by Crippen LogP contribution is -2.40. The first-order valence-electron chi connectivity index (χ1n) is 6.03. The fourth-order valence-corrected chi connectivity index (χ4v) is 1.54. The second kappa shape index (κ2) is 4.52. The monoisotopic (exact) mass is 233 g/mol. The third-order valence-corrected chi connectivity index (χ3v) is 2.48. The highest BCUT2D eigenvalue weighted by atomic mass is 16.1. The number of hydrogen-bond acceptors (Lipinski definition) is 1. The van der Waals surface area contributed by atoms with Crippen molar-refractivity contribution < 1.29 is 4.79 Å². The van der Waals surface area contributed by atoms with Crippen LogP contribution in [0.3, 0.4) is 0 Å². The summed E-state index contributed by atoms with van der Waals surface area (Å²) in [5.41, 5.74) is 1.78. The van der Waals surface area contributed by atoms with Gasteiger partial charge in [-0.05, 0) is 43.9 Å². The van der Waals surface area contributed by atoms with E-state index in [9.17, 15) is 4.79 Å². The maximum absolute atomic E-state index is 12.0. The molecule has 0 heterocycles. The SMILES string of the molecule is CC(C)(C)NC(=O)c1cccc(C(C)(C)C)c1. The van der Waals surface area contributed by atoms with E-state index in [2.05, 4.69) is 32.2 Å². The minimum atomic E-state index is -0.200. The Kier molecular flexibility index (Phi) is 3.65. The molecule has 0 fully saturated rings. The van der Waals surface area contributed by atoms with Crippen molar-refractivity contribution in [3.05, 3.63) is 35.4 Å². The van der Waals surface area contributed by atoms with Gasteiger partial charge in [-0.25, -0.2) is 0 Å². The number of carbonyl (C=O) groups is 1. The Morgan fingerprint density at radius 1 is 1.06 bits per heavy atom. The van der Waals surface area contributed by atoms with Crippen LogP contribution in [-0.4, -0.2) is 11.4 Å². The van der Waals surface area contributed by atoms with Crippen LogP contribution in [-0.2, 0) is 5.41 Å². The number of benzene rings is 1. The first-order valence-corrected chi connectivity index (χ1v) is 6.03. The zero-order valence-corrected chi connectivity index (χ0v) is 11.7. The predicted octanol–water partition coefficient (Wildman–Crippen LogP) is 3.51. The van der Waals surface area contributed by atoms with E-state index < -0.39 is 0 Å². The fourth-order valence-electron chi connectivity index (χ4n) is 1.54. The molecule has 1 aromatic rings. The lowest BCUT2D eigenvalue weighted by Gasteiger charge is -2.22. The van der Waals surface area contributed by atoms with Crippen LogP contribution in [0.25, 0.3) is 0 Å². The van der Waals surface area contributed by atoms with E-state index in [1.165, 1.54) is 5.56 Å². The molecule has 2 heteroatoms. The summed E-state index contributed by atoms with van der Waals surface area (Å²) in [5, 5.41) is 2.98. The van der Waals surface area contributed by atoms with Gasteiger partial charge in [0.15, 0.2) is 0 Å². The molecule has 0 radical (unpaired) electrons. The molecular weight excluding hydrogens is 210 g/mol. The van der Waals surface area contributed by atoms with Gasteiger partial charge in [-0.1, -0.05) is 32.9 Å². The molecule has 0 bridgehead atoms. The third-order valence-electron chi connectivity index (χ3n) is 2.48. The Morgan fingerprint density at radius 3 is 2.12 bits per heavy atom. The van der Waals surface area contributed by atoms with Gasteiger partial charge in [-0.15, -0.1) is 0 Å². The van der Waals surface area contributed by atoms with Crippen molar-refractivity contribution >= 4 is 5.91 Å². The molecule has 0 unspecified atom stereocenters. The maximum atomic E-state index is 12.0. The summed E-state index contributed by atoms with van der Waals surface area (Å²) in [6.07, 6.45) is 0. The van der Waals surface area contributed by atoms with Gasteiger partial charge >= 0.3 is 0 Å². The van der Waals surface area contributed by atoms with Crippen LogP contribution in [0.2, 0.25) is 0 Å². The van der Waals surface area contributed by atoms with Crippen LogP contribution in [0.1, 0.15) is 57.5 Å². The van der Waals surface area contributed by atoms with E-state index in [-0.39, 0.29) is 16.9 Å². The molecule has 0 aliphatic rings. The molecule has 94 valence electrons. The average molecular weight is 233 g/mol. The minimum absolute atomic E-state index is 0.0106. The topological polar surface area (TPSA) is 29.1 Å². The van der Waals surface area contributed by atoms with Crippen molar-refractivity contribution in [3.63, 3.8) is 0 Å². The number of rotatable bonds is 1. The summed E-state index contributed by atoms with van der Waals surface area (Å²) in [7, 11) is 0. The van der Waals surface area contributed by atoms with Crippen molar-refractivity contribution in [3.8, 4) is 0 Å². The van der Waals surface area contributed by atoms with Gasteiger partial charge in [-0.3, -0.25) is 4.79 Å². The van der Waals surface area contributed by atoms with Gasteiger partial charge in [-0.2, -0.15) is 0 Å². The molecule has 0 aliphatic heterocycles. The summed E-state index contributed by atoms with van der Waals surface area (Å²) in [4.78, 5) is 12.0. The van der Waals surface area contributed by atoms with Crippen LogP contribution < -0.4 is 5.32 Å². The van der Waals surface area contributed by atoms with E-state index >= 15 is 0 Å². The van der Waals surface area contributed by atoms with Crippen LogP contribution in [0.15, 0.2) is 24.3 Å². The molecule has 1 rings (SSSR count). The van der Waals surface area contributed by atoms with Gasteiger partial charge < -0.3 is 5.32 Å². The molecule has 0 aromatic heterocycles. The second-order valence-corrected chi connectivity index (χ2v) is 6.53. The Hall–Kier alpha value is -1.31. The van der Waals surface area contributed by atoms with Gasteiger partial charge in [0, 0.05) is 11.1 Å². The van der Waals surface area contributed by atoms with Crippen molar-refractivity contribution in [2.45, 2.75) is 52.5 Å². The van der Waals surface area contributed by atoms with E-state index in [0.29, 0.717) is 0 Å².